The van der Waals surface area contributed by atoms with Crippen LogP contribution in [0.25, 0.3) is 0 Å². The third-order valence-electron chi connectivity index (χ3n) is 3.62. The van der Waals surface area contributed by atoms with Gasteiger partial charge in [0.1, 0.15) is 0 Å². The Kier molecular flexibility index (Phi) is 23.6. The van der Waals surface area contributed by atoms with Crippen LogP contribution in [0.15, 0.2) is 0 Å². The van der Waals surface area contributed by atoms with Crippen molar-refractivity contribution in [2.45, 2.75) is 96.8 Å². The van der Waals surface area contributed by atoms with Crippen molar-refractivity contribution < 1.29 is 0 Å². The summed E-state index contributed by atoms with van der Waals surface area (Å²) in [6, 6.07) is 0. The third-order valence-corrected chi connectivity index (χ3v) is 4.02. The monoisotopic (exact) mass is 336 g/mol. The first-order valence-electron chi connectivity index (χ1n) is 8.25. The summed E-state index contributed by atoms with van der Waals surface area (Å²) >= 11 is 3.24. The fourth-order valence-corrected chi connectivity index (χ4v) is 2.67. The van der Waals surface area contributed by atoms with Gasteiger partial charge in [-0.05, 0) is 6.42 Å². The highest BCUT2D eigenvalue weighted by molar-refractivity contribution is 9.08. The van der Waals surface area contributed by atoms with E-state index in [9.17, 15) is 0 Å². The molecule has 0 atom stereocenters. The van der Waals surface area contributed by atoms with Gasteiger partial charge in [0, 0.05) is 22.7 Å². The van der Waals surface area contributed by atoms with E-state index >= 15 is 0 Å². The molecule has 4 N–H and O–H groups in total. The lowest BCUT2D eigenvalue weighted by molar-refractivity contribution is 0.535. The van der Waals surface area contributed by atoms with E-state index in [0.29, 0.717) is 0 Å². The maximum Gasteiger partial charge on any atom is 0.00875 e. The molecule has 0 aromatic rings. The van der Waals surface area contributed by atoms with E-state index in [1.807, 2.05) is 0 Å². The Morgan fingerprint density at radius 3 is 1.21 bits per heavy atom. The smallest absolute Gasteiger partial charge is 0.00875 e. The van der Waals surface area contributed by atoms with Crippen molar-refractivity contribution in [3.05, 3.63) is 0 Å². The summed E-state index contributed by atoms with van der Waals surface area (Å²) in [6.07, 6.45) is 20.1. The second-order valence-corrected chi connectivity index (χ2v) is 6.04. The zero-order valence-electron chi connectivity index (χ0n) is 13.2. The molecule has 0 heterocycles. The van der Waals surface area contributed by atoms with Crippen LogP contribution in [0, 0.1) is 0 Å². The molecule has 0 unspecified atom stereocenters. The Labute approximate surface area is 130 Å². The molecule has 0 bridgehead atoms. The maximum absolute atomic E-state index is 3.24. The molecule has 2 nitrogen and oxygen atoms in total. The molecule has 3 heteroatoms. The van der Waals surface area contributed by atoms with Crippen molar-refractivity contribution in [3.63, 3.8) is 0 Å². The van der Waals surface area contributed by atoms with Crippen molar-refractivity contribution in [1.82, 2.24) is 10.5 Å². The third kappa shape index (κ3) is 20.9. The topological polar surface area (TPSA) is 47.0 Å². The van der Waals surface area contributed by atoms with Crippen molar-refractivity contribution in [2.24, 2.45) is 0 Å². The fourth-order valence-electron chi connectivity index (χ4n) is 2.39. The molecule has 0 fully saturated rings. The van der Waals surface area contributed by atoms with Crippen molar-refractivity contribution in [2.75, 3.05) is 6.54 Å². The Bertz CT molecular complexity index is 127. The summed E-state index contributed by atoms with van der Waals surface area (Å²) in [7, 11) is 0. The zero-order valence-corrected chi connectivity index (χ0v) is 14.8. The van der Waals surface area contributed by atoms with Crippen molar-refractivity contribution in [1.29, 1.82) is 0 Å². The van der Waals surface area contributed by atoms with Crippen LogP contribution in [-0.2, 0) is 0 Å². The van der Waals surface area contributed by atoms with Gasteiger partial charge in [-0.2, -0.15) is 0 Å². The minimum absolute atomic E-state index is 0. The minimum atomic E-state index is 0. The molecule has 0 rings (SSSR count). The molecule has 19 heavy (non-hydrogen) atoms. The van der Waals surface area contributed by atoms with E-state index in [0.717, 1.165) is 6.54 Å². The molecule has 0 aliphatic heterocycles. The Balaban J connectivity index is 0. The molecule has 0 spiro atoms. The predicted octanol–water partition coefficient (Wildman–Crippen LogP) is 6.53. The van der Waals surface area contributed by atoms with Gasteiger partial charge in [0.2, 0.25) is 0 Å². The van der Waals surface area contributed by atoms with E-state index in [2.05, 4.69) is 27.4 Å². The van der Waals surface area contributed by atoms with Crippen LogP contribution < -0.4 is 10.5 Å². The first-order chi connectivity index (χ1) is 8.91. The molecule has 0 aromatic carbocycles. The molecule has 118 valence electrons. The number of hydrogen-bond acceptors (Lipinski definition) is 2. The van der Waals surface area contributed by atoms with Crippen LogP contribution in [0.1, 0.15) is 96.8 Å². The molecule has 0 radical (unpaired) electrons. The van der Waals surface area contributed by atoms with Gasteiger partial charge in [0.05, 0.1) is 0 Å². The largest absolute Gasteiger partial charge is 0.344 e. The molecular weight excluding hydrogens is 300 g/mol. The summed E-state index contributed by atoms with van der Waals surface area (Å²) in [6.45, 7) is 3.40. The minimum Gasteiger partial charge on any atom is -0.344 e. The molecule has 0 amide bonds. The summed E-state index contributed by atoms with van der Waals surface area (Å²) in [5.41, 5.74) is 0. The summed E-state index contributed by atoms with van der Waals surface area (Å²) < 4.78 is 3.02. The molecule has 0 aliphatic carbocycles. The van der Waals surface area contributed by atoms with Crippen LogP contribution in [-0.4, -0.2) is 6.54 Å². The number of rotatable bonds is 15. The Morgan fingerprint density at radius 2 is 0.895 bits per heavy atom. The van der Waals surface area contributed by atoms with E-state index in [1.165, 1.54) is 89.9 Å². The average Bonchev–Trinajstić information content (AvgIpc) is 2.39. The zero-order chi connectivity index (χ0) is 13.3. The van der Waals surface area contributed by atoms with Crippen LogP contribution >= 0.6 is 16.1 Å². The summed E-state index contributed by atoms with van der Waals surface area (Å²) in [5.74, 6) is 0. The normalized spacial score (nSPS) is 10.4. The number of halogens is 1. The number of unbranched alkanes of at least 4 members (excludes halogenated alkanes) is 13. The summed E-state index contributed by atoms with van der Waals surface area (Å²) in [4.78, 5) is 0. The highest BCUT2D eigenvalue weighted by Gasteiger charge is 1.93. The fraction of sp³-hybridized carbons (Fsp3) is 1.00. The second kappa shape index (κ2) is 20.7. The Morgan fingerprint density at radius 1 is 0.579 bits per heavy atom. The van der Waals surface area contributed by atoms with Crippen LogP contribution in [0.2, 0.25) is 0 Å². The quantitative estimate of drug-likeness (QED) is 0.264. The molecule has 0 saturated carbocycles. The number of nitrogens with one attached hydrogen (secondary N) is 1. The van der Waals surface area contributed by atoms with Gasteiger partial charge in [-0.1, -0.05) is 90.4 Å². The molecular formula is C16H37BrN2. The highest BCUT2D eigenvalue weighted by atomic mass is 79.9. The molecule has 0 saturated heterocycles. The second-order valence-electron chi connectivity index (χ2n) is 5.48. The van der Waals surface area contributed by atoms with E-state index < -0.39 is 0 Å². The average molecular weight is 337 g/mol. The standard InChI is InChI=1S/C16H34BrN.H3N/c1-2-3-4-5-6-7-8-9-10-11-12-13-14-15-16-18-17;/h18H,2-16H2,1H3;1H3. The number of hydrogen-bond donors (Lipinski definition) is 2. The van der Waals surface area contributed by atoms with Crippen molar-refractivity contribution >= 4 is 16.1 Å². The van der Waals surface area contributed by atoms with Crippen molar-refractivity contribution in [3.8, 4) is 0 Å². The lowest BCUT2D eigenvalue weighted by Crippen LogP contribution is -1.98. The predicted molar refractivity (Wildman–Crippen MR) is 92.3 cm³/mol. The molecule has 0 aliphatic rings. The van der Waals surface area contributed by atoms with E-state index in [-0.39, 0.29) is 6.15 Å². The van der Waals surface area contributed by atoms with Gasteiger partial charge in [-0.15, -0.1) is 0 Å². The van der Waals surface area contributed by atoms with Gasteiger partial charge >= 0.3 is 0 Å². The van der Waals surface area contributed by atoms with Crippen LogP contribution in [0.4, 0.5) is 0 Å². The van der Waals surface area contributed by atoms with Gasteiger partial charge in [-0.3, -0.25) is 4.34 Å². The van der Waals surface area contributed by atoms with E-state index in [1.54, 1.807) is 0 Å². The SMILES string of the molecule is CCCCCCCCCCCCCCCCNBr.N. The lowest BCUT2D eigenvalue weighted by Gasteiger charge is -2.03. The van der Waals surface area contributed by atoms with E-state index in [4.69, 9.17) is 0 Å². The summed E-state index contributed by atoms with van der Waals surface area (Å²) in [5, 5.41) is 0. The maximum atomic E-state index is 3.24. The lowest BCUT2D eigenvalue weighted by atomic mass is 10.0. The first-order valence-corrected chi connectivity index (χ1v) is 9.04. The van der Waals surface area contributed by atoms with Gasteiger partial charge in [-0.25, -0.2) is 0 Å². The van der Waals surface area contributed by atoms with Crippen LogP contribution in [0.3, 0.4) is 0 Å². The van der Waals surface area contributed by atoms with Gasteiger partial charge in [0.25, 0.3) is 0 Å². The Hall–Kier alpha value is 0.400. The first kappa shape index (κ1) is 21.7. The highest BCUT2D eigenvalue weighted by Crippen LogP contribution is 2.12. The van der Waals surface area contributed by atoms with Crippen LogP contribution in [0.5, 0.6) is 0 Å². The van der Waals surface area contributed by atoms with Gasteiger partial charge < -0.3 is 6.15 Å². The molecule has 0 aromatic heterocycles. The van der Waals surface area contributed by atoms with Gasteiger partial charge in [0.15, 0.2) is 0 Å².